The molecule has 150 valence electrons. The van der Waals surface area contributed by atoms with Crippen molar-refractivity contribution in [1.82, 2.24) is 0 Å². The molecule has 2 aromatic carbocycles. The molecule has 1 amide bonds. The summed E-state index contributed by atoms with van der Waals surface area (Å²) in [5.41, 5.74) is 3.33. The Morgan fingerprint density at radius 1 is 1.14 bits per heavy atom. The lowest BCUT2D eigenvalue weighted by molar-refractivity contribution is -0.112. The first-order valence-corrected chi connectivity index (χ1v) is 9.26. The molecule has 0 aliphatic heterocycles. The number of hydrogen-bond donors (Lipinski definition) is 3. The number of nitrogens with one attached hydrogen (secondary N) is 2. The summed E-state index contributed by atoms with van der Waals surface area (Å²) in [6.07, 6.45) is 1.36. The van der Waals surface area contributed by atoms with Crippen molar-refractivity contribution in [2.75, 3.05) is 28.6 Å². The molecule has 2 aromatic rings. The van der Waals surface area contributed by atoms with Gasteiger partial charge in [-0.1, -0.05) is 0 Å². The Morgan fingerprint density at radius 3 is 2.31 bits per heavy atom. The number of benzene rings is 2. The fourth-order valence-electron chi connectivity index (χ4n) is 2.79. The van der Waals surface area contributed by atoms with Gasteiger partial charge in [-0.15, -0.1) is 0 Å². The first-order valence-electron chi connectivity index (χ1n) is 9.26. The van der Waals surface area contributed by atoms with Crippen molar-refractivity contribution < 1.29 is 14.7 Å². The average molecular weight is 392 g/mol. The van der Waals surface area contributed by atoms with E-state index in [9.17, 15) is 14.9 Å². The molecule has 0 saturated carbocycles. The van der Waals surface area contributed by atoms with E-state index in [1.165, 1.54) is 30.5 Å². The molecule has 0 saturated heterocycles. The molecule has 7 heteroatoms. The third-order valence-electron chi connectivity index (χ3n) is 4.47. The number of hydrogen-bond acceptors (Lipinski definition) is 5. The minimum absolute atomic E-state index is 0.0977. The molecule has 0 aliphatic carbocycles. The quantitative estimate of drug-likeness (QED) is 0.463. The third kappa shape index (κ3) is 5.59. The summed E-state index contributed by atoms with van der Waals surface area (Å²) < 4.78 is 0. The lowest BCUT2D eigenvalue weighted by Crippen LogP contribution is -2.21. The maximum atomic E-state index is 12.3. The number of carbonyl (C=O) groups excluding carboxylic acids is 1. The van der Waals surface area contributed by atoms with Crippen LogP contribution < -0.4 is 15.5 Å². The predicted octanol–water partition coefficient (Wildman–Crippen LogP) is 4.00. The van der Waals surface area contributed by atoms with Gasteiger partial charge in [0.05, 0.1) is 5.56 Å². The number of rotatable bonds is 8. The molecule has 2 rings (SSSR count). The molecule has 0 bridgehead atoms. The normalized spacial score (nSPS) is 10.8. The summed E-state index contributed by atoms with van der Waals surface area (Å²) in [5, 5.41) is 23.8. The van der Waals surface area contributed by atoms with Crippen LogP contribution in [0.5, 0.6) is 0 Å². The number of aryl methyl sites for hydroxylation is 1. The van der Waals surface area contributed by atoms with Gasteiger partial charge in [-0.05, 0) is 68.8 Å². The maximum absolute atomic E-state index is 12.3. The van der Waals surface area contributed by atoms with Crippen LogP contribution in [-0.2, 0) is 4.79 Å². The van der Waals surface area contributed by atoms with Crippen molar-refractivity contribution in [3.05, 3.63) is 65.4 Å². The highest BCUT2D eigenvalue weighted by Crippen LogP contribution is 2.23. The monoisotopic (exact) mass is 392 g/mol. The highest BCUT2D eigenvalue weighted by atomic mass is 16.4. The second-order valence-electron chi connectivity index (χ2n) is 6.32. The van der Waals surface area contributed by atoms with Crippen LogP contribution in [0.25, 0.3) is 0 Å². The summed E-state index contributed by atoms with van der Waals surface area (Å²) in [6, 6.07) is 13.5. The van der Waals surface area contributed by atoms with E-state index in [-0.39, 0.29) is 11.1 Å². The van der Waals surface area contributed by atoms with Gasteiger partial charge in [0.15, 0.2) is 0 Å². The molecule has 0 atom stereocenters. The lowest BCUT2D eigenvalue weighted by atomic mass is 10.1. The summed E-state index contributed by atoms with van der Waals surface area (Å²) in [4.78, 5) is 25.4. The summed E-state index contributed by atoms with van der Waals surface area (Å²) in [5.74, 6) is -1.63. The van der Waals surface area contributed by atoms with Crippen LogP contribution in [0.15, 0.2) is 54.2 Å². The largest absolute Gasteiger partial charge is 0.478 e. The molecule has 29 heavy (non-hydrogen) atoms. The van der Waals surface area contributed by atoms with Crippen LogP contribution in [0.1, 0.15) is 29.8 Å². The fourth-order valence-corrected chi connectivity index (χ4v) is 2.79. The van der Waals surface area contributed by atoms with Gasteiger partial charge in [0.25, 0.3) is 5.91 Å². The van der Waals surface area contributed by atoms with E-state index < -0.39 is 11.9 Å². The average Bonchev–Trinajstić information content (AvgIpc) is 2.71. The van der Waals surface area contributed by atoms with E-state index in [1.807, 2.05) is 25.1 Å². The van der Waals surface area contributed by atoms with Gasteiger partial charge in [0.1, 0.15) is 11.6 Å². The van der Waals surface area contributed by atoms with Crippen LogP contribution in [0.2, 0.25) is 0 Å². The van der Waals surface area contributed by atoms with E-state index in [0.29, 0.717) is 5.69 Å². The SMILES string of the molecule is CCN(CC)c1ccc(N/C=C(/C#N)C(=O)Nc2ccc(C(=O)O)cc2)c(C)c1. The Morgan fingerprint density at radius 2 is 1.79 bits per heavy atom. The third-order valence-corrected chi connectivity index (χ3v) is 4.47. The number of carboxylic acids is 1. The van der Waals surface area contributed by atoms with Crippen molar-refractivity contribution in [3.8, 4) is 6.07 Å². The van der Waals surface area contributed by atoms with Crippen molar-refractivity contribution in [1.29, 1.82) is 5.26 Å². The standard InChI is InChI=1S/C22H24N4O3/c1-4-26(5-2)19-10-11-20(15(3)12-19)24-14-17(13-23)21(27)25-18-8-6-16(7-9-18)22(28)29/h6-12,14,24H,4-5H2,1-3H3,(H,25,27)(H,28,29)/b17-14-. The van der Waals surface area contributed by atoms with Crippen molar-refractivity contribution in [2.45, 2.75) is 20.8 Å². The molecular weight excluding hydrogens is 368 g/mol. The highest BCUT2D eigenvalue weighted by molar-refractivity contribution is 6.06. The molecular formula is C22H24N4O3. The van der Waals surface area contributed by atoms with Gasteiger partial charge >= 0.3 is 5.97 Å². The zero-order valence-electron chi connectivity index (χ0n) is 16.7. The maximum Gasteiger partial charge on any atom is 0.335 e. The molecule has 3 N–H and O–H groups in total. The summed E-state index contributed by atoms with van der Waals surface area (Å²) in [7, 11) is 0. The smallest absolute Gasteiger partial charge is 0.335 e. The Kier molecular flexibility index (Phi) is 7.38. The van der Waals surface area contributed by atoms with E-state index in [4.69, 9.17) is 5.11 Å². The second kappa shape index (κ2) is 9.95. The van der Waals surface area contributed by atoms with Crippen molar-refractivity contribution in [3.63, 3.8) is 0 Å². The Labute approximate surface area is 170 Å². The zero-order chi connectivity index (χ0) is 21.4. The van der Waals surface area contributed by atoms with Gasteiger partial charge in [0, 0.05) is 36.4 Å². The molecule has 0 aromatic heterocycles. The topological polar surface area (TPSA) is 105 Å². The minimum Gasteiger partial charge on any atom is -0.478 e. The first-order chi connectivity index (χ1) is 13.9. The number of anilines is 3. The van der Waals surface area contributed by atoms with Crippen molar-refractivity contribution in [2.24, 2.45) is 0 Å². The van der Waals surface area contributed by atoms with Crippen LogP contribution in [0, 0.1) is 18.3 Å². The molecule has 0 fully saturated rings. The predicted molar refractivity (Wildman–Crippen MR) is 114 cm³/mol. The number of amides is 1. The van der Waals surface area contributed by atoms with E-state index in [2.05, 4.69) is 35.4 Å². The first kappa shape index (κ1) is 21.5. The number of nitrogens with zero attached hydrogens (tertiary/aromatic N) is 2. The summed E-state index contributed by atoms with van der Waals surface area (Å²) in [6.45, 7) is 7.98. The van der Waals surface area contributed by atoms with Crippen LogP contribution in [-0.4, -0.2) is 30.1 Å². The van der Waals surface area contributed by atoms with E-state index in [1.54, 1.807) is 0 Å². The zero-order valence-corrected chi connectivity index (χ0v) is 16.7. The number of carbonyl (C=O) groups is 2. The Hall–Kier alpha value is -3.79. The molecule has 0 radical (unpaired) electrons. The van der Waals surface area contributed by atoms with Gasteiger partial charge in [0.2, 0.25) is 0 Å². The summed E-state index contributed by atoms with van der Waals surface area (Å²) >= 11 is 0. The second-order valence-corrected chi connectivity index (χ2v) is 6.32. The molecule has 0 heterocycles. The minimum atomic E-state index is -1.05. The van der Waals surface area contributed by atoms with Crippen molar-refractivity contribution >= 4 is 28.9 Å². The highest BCUT2D eigenvalue weighted by Gasteiger charge is 2.11. The van der Waals surface area contributed by atoms with Crippen LogP contribution in [0.4, 0.5) is 17.1 Å². The number of nitriles is 1. The lowest BCUT2D eigenvalue weighted by Gasteiger charge is -2.22. The Bertz CT molecular complexity index is 955. The molecule has 0 aliphatic rings. The van der Waals surface area contributed by atoms with Gasteiger partial charge < -0.3 is 20.6 Å². The molecule has 0 unspecified atom stereocenters. The van der Waals surface area contributed by atoms with Crippen LogP contribution in [0.3, 0.4) is 0 Å². The van der Waals surface area contributed by atoms with E-state index >= 15 is 0 Å². The number of carboxylic acid groups (broad SMARTS) is 1. The van der Waals surface area contributed by atoms with E-state index in [0.717, 1.165) is 30.0 Å². The van der Waals surface area contributed by atoms with Gasteiger partial charge in [-0.2, -0.15) is 5.26 Å². The van der Waals surface area contributed by atoms with Crippen LogP contribution >= 0.6 is 0 Å². The Balaban J connectivity index is 2.10. The fraction of sp³-hybridized carbons (Fsp3) is 0.227. The molecule has 7 nitrogen and oxygen atoms in total. The molecule has 0 spiro atoms. The van der Waals surface area contributed by atoms with Gasteiger partial charge in [-0.25, -0.2) is 4.79 Å². The number of aromatic carboxylic acids is 1. The van der Waals surface area contributed by atoms with Gasteiger partial charge in [-0.3, -0.25) is 4.79 Å².